The van der Waals surface area contributed by atoms with E-state index in [1.807, 2.05) is 0 Å². The predicted octanol–water partition coefficient (Wildman–Crippen LogP) is 3.38. The van der Waals surface area contributed by atoms with Crippen LogP contribution in [0.2, 0.25) is 0 Å². The maximum absolute atomic E-state index is 12.8. The number of hydrogen-bond acceptors (Lipinski definition) is 2. The first-order valence-corrected chi connectivity index (χ1v) is 7.70. The van der Waals surface area contributed by atoms with E-state index in [0.717, 1.165) is 0 Å². The van der Waals surface area contributed by atoms with Crippen LogP contribution in [0.3, 0.4) is 0 Å². The third-order valence-corrected chi connectivity index (χ3v) is 4.52. The summed E-state index contributed by atoms with van der Waals surface area (Å²) in [4.78, 5) is 11.9. The Morgan fingerprint density at radius 3 is 2.35 bits per heavy atom. The lowest BCUT2D eigenvalue weighted by molar-refractivity contribution is -0.129. The number of aromatic nitrogens is 2. The fourth-order valence-electron chi connectivity index (χ4n) is 3.35. The van der Waals surface area contributed by atoms with Gasteiger partial charge in [-0.1, -0.05) is 0 Å². The van der Waals surface area contributed by atoms with Crippen LogP contribution in [-0.4, -0.2) is 27.5 Å². The van der Waals surface area contributed by atoms with Crippen LogP contribution in [0, 0.1) is 11.8 Å². The van der Waals surface area contributed by atoms with Crippen LogP contribution in [0.4, 0.5) is 23.4 Å². The van der Waals surface area contributed by atoms with Crippen LogP contribution in [0.1, 0.15) is 37.8 Å². The molecule has 0 bridgehead atoms. The number of rotatable bonds is 5. The summed E-state index contributed by atoms with van der Waals surface area (Å²) in [5.74, 6) is -5.41. The van der Waals surface area contributed by atoms with Gasteiger partial charge in [0.05, 0.1) is 5.69 Å². The van der Waals surface area contributed by atoms with Gasteiger partial charge in [0.1, 0.15) is 5.82 Å². The van der Waals surface area contributed by atoms with Gasteiger partial charge < -0.3 is 5.32 Å². The number of amides is 1. The summed E-state index contributed by atoms with van der Waals surface area (Å²) < 4.78 is 52.6. The molecule has 0 saturated heterocycles. The molecule has 128 valence electrons. The van der Waals surface area contributed by atoms with Crippen molar-refractivity contribution in [2.45, 2.75) is 50.4 Å². The fraction of sp³-hybridized carbons (Fsp3) is 0.733. The molecule has 23 heavy (non-hydrogen) atoms. The zero-order valence-electron chi connectivity index (χ0n) is 12.8. The lowest BCUT2D eigenvalue weighted by Crippen LogP contribution is -2.37. The second-order valence-electron chi connectivity index (χ2n) is 6.86. The normalized spacial score (nSPS) is 23.2. The summed E-state index contributed by atoms with van der Waals surface area (Å²) >= 11 is 0. The SMILES string of the molecule is Cn1nc(CC2CC(F)(F)C2)cc1NC(=O)CC1CC(F)(F)C1. The van der Waals surface area contributed by atoms with Crippen molar-refractivity contribution >= 4 is 11.7 Å². The second-order valence-corrected chi connectivity index (χ2v) is 6.86. The standard InChI is InChI=1S/C15H19F4N3O/c1-22-12(20-13(23)3-10-7-15(18,19)8-10)4-11(21-22)2-9-5-14(16,17)6-9/h4,9-10H,2-3,5-8H2,1H3,(H,20,23). The number of alkyl halides is 4. The first-order chi connectivity index (χ1) is 10.6. The summed E-state index contributed by atoms with van der Waals surface area (Å²) in [5, 5.41) is 6.86. The van der Waals surface area contributed by atoms with Gasteiger partial charge in [-0.15, -0.1) is 0 Å². The van der Waals surface area contributed by atoms with E-state index in [0.29, 0.717) is 17.9 Å². The molecule has 2 aliphatic carbocycles. The molecule has 0 radical (unpaired) electrons. The molecule has 1 heterocycles. The van der Waals surface area contributed by atoms with Crippen LogP contribution in [0.25, 0.3) is 0 Å². The first kappa shape index (κ1) is 16.3. The number of nitrogens with one attached hydrogen (secondary N) is 1. The maximum Gasteiger partial charge on any atom is 0.248 e. The highest BCUT2D eigenvalue weighted by molar-refractivity contribution is 5.90. The molecule has 2 aliphatic rings. The molecule has 2 fully saturated rings. The van der Waals surface area contributed by atoms with E-state index in [9.17, 15) is 22.4 Å². The van der Waals surface area contributed by atoms with Gasteiger partial charge in [0.15, 0.2) is 0 Å². The Bertz CT molecular complexity index is 598. The smallest absolute Gasteiger partial charge is 0.248 e. The summed E-state index contributed by atoms with van der Waals surface area (Å²) in [6.07, 6.45) is -0.221. The average molecular weight is 333 g/mol. The third kappa shape index (κ3) is 3.84. The van der Waals surface area contributed by atoms with Gasteiger partial charge in [-0.05, 0) is 18.3 Å². The van der Waals surface area contributed by atoms with Crippen molar-refractivity contribution in [1.82, 2.24) is 9.78 Å². The number of carbonyl (C=O) groups excluding carboxylic acids is 1. The molecular weight excluding hydrogens is 314 g/mol. The van der Waals surface area contributed by atoms with Crippen molar-refractivity contribution in [1.29, 1.82) is 0 Å². The Hall–Kier alpha value is -1.60. The lowest BCUT2D eigenvalue weighted by atomic mass is 9.78. The number of carbonyl (C=O) groups is 1. The molecule has 1 aromatic heterocycles. The van der Waals surface area contributed by atoms with E-state index in [1.54, 1.807) is 13.1 Å². The van der Waals surface area contributed by atoms with E-state index in [1.165, 1.54) is 4.68 Å². The molecule has 0 unspecified atom stereocenters. The van der Waals surface area contributed by atoms with Gasteiger partial charge in [0.25, 0.3) is 0 Å². The van der Waals surface area contributed by atoms with Gasteiger partial charge >= 0.3 is 0 Å². The van der Waals surface area contributed by atoms with Gasteiger partial charge in [-0.3, -0.25) is 9.48 Å². The summed E-state index contributed by atoms with van der Waals surface area (Å²) in [5.41, 5.74) is 0.651. The molecule has 2 saturated carbocycles. The van der Waals surface area contributed by atoms with Crippen LogP contribution in [-0.2, 0) is 18.3 Å². The molecule has 1 aromatic rings. The van der Waals surface area contributed by atoms with Gasteiger partial charge in [-0.25, -0.2) is 17.6 Å². The number of anilines is 1. The molecule has 4 nitrogen and oxygen atoms in total. The highest BCUT2D eigenvalue weighted by atomic mass is 19.3. The minimum atomic E-state index is -2.63. The number of hydrogen-bond donors (Lipinski definition) is 1. The number of nitrogens with zero attached hydrogens (tertiary/aromatic N) is 2. The van der Waals surface area contributed by atoms with Crippen molar-refractivity contribution < 1.29 is 22.4 Å². The van der Waals surface area contributed by atoms with Crippen molar-refractivity contribution in [2.24, 2.45) is 18.9 Å². The molecular formula is C15H19F4N3O. The molecule has 1 N–H and O–H groups in total. The fourth-order valence-corrected chi connectivity index (χ4v) is 3.35. The molecule has 0 spiro atoms. The van der Waals surface area contributed by atoms with E-state index in [-0.39, 0.29) is 49.8 Å². The second kappa shape index (κ2) is 5.49. The Kier molecular flexibility index (Phi) is 3.88. The topological polar surface area (TPSA) is 46.9 Å². The summed E-state index contributed by atoms with van der Waals surface area (Å²) in [6.45, 7) is 0. The minimum Gasteiger partial charge on any atom is -0.311 e. The Labute approximate surface area is 131 Å². The summed E-state index contributed by atoms with van der Waals surface area (Å²) in [7, 11) is 1.64. The molecule has 0 aliphatic heterocycles. The highest BCUT2D eigenvalue weighted by Crippen LogP contribution is 2.44. The van der Waals surface area contributed by atoms with Gasteiger partial charge in [0, 0.05) is 45.2 Å². The Balaban J connectivity index is 1.49. The van der Waals surface area contributed by atoms with Crippen molar-refractivity contribution in [3.8, 4) is 0 Å². The number of halogens is 4. The first-order valence-electron chi connectivity index (χ1n) is 7.70. The molecule has 0 atom stereocenters. The van der Waals surface area contributed by atoms with Crippen LogP contribution in [0.15, 0.2) is 6.07 Å². The third-order valence-electron chi connectivity index (χ3n) is 4.52. The average Bonchev–Trinajstić information content (AvgIpc) is 2.64. The van der Waals surface area contributed by atoms with E-state index >= 15 is 0 Å². The zero-order chi connectivity index (χ0) is 16.8. The van der Waals surface area contributed by atoms with E-state index in [4.69, 9.17) is 0 Å². The Morgan fingerprint density at radius 2 is 1.78 bits per heavy atom. The van der Waals surface area contributed by atoms with Crippen molar-refractivity contribution in [2.75, 3.05) is 5.32 Å². The van der Waals surface area contributed by atoms with Crippen LogP contribution in [0.5, 0.6) is 0 Å². The van der Waals surface area contributed by atoms with Gasteiger partial charge in [0.2, 0.25) is 17.8 Å². The molecule has 1 amide bonds. The Morgan fingerprint density at radius 1 is 1.22 bits per heavy atom. The quantitative estimate of drug-likeness (QED) is 0.840. The van der Waals surface area contributed by atoms with E-state index in [2.05, 4.69) is 10.4 Å². The highest BCUT2D eigenvalue weighted by Gasteiger charge is 2.46. The zero-order valence-corrected chi connectivity index (χ0v) is 12.8. The van der Waals surface area contributed by atoms with Gasteiger partial charge in [-0.2, -0.15) is 5.10 Å². The largest absolute Gasteiger partial charge is 0.311 e. The maximum atomic E-state index is 12.8. The molecule has 3 rings (SSSR count). The minimum absolute atomic E-state index is 0.0605. The monoisotopic (exact) mass is 333 g/mol. The number of aryl methyl sites for hydroxylation is 1. The predicted molar refractivity (Wildman–Crippen MR) is 75.5 cm³/mol. The molecule has 8 heteroatoms. The lowest BCUT2D eigenvalue weighted by Gasteiger charge is -2.34. The summed E-state index contributed by atoms with van der Waals surface area (Å²) in [6, 6.07) is 1.66. The van der Waals surface area contributed by atoms with Crippen molar-refractivity contribution in [3.63, 3.8) is 0 Å². The van der Waals surface area contributed by atoms with Crippen LogP contribution >= 0.6 is 0 Å². The van der Waals surface area contributed by atoms with Crippen molar-refractivity contribution in [3.05, 3.63) is 11.8 Å². The van der Waals surface area contributed by atoms with E-state index < -0.39 is 11.8 Å². The molecule has 0 aromatic carbocycles. The van der Waals surface area contributed by atoms with Crippen LogP contribution < -0.4 is 5.32 Å².